The van der Waals surface area contributed by atoms with Gasteiger partial charge in [-0.1, -0.05) is 19.1 Å². The molecule has 1 heterocycles. The zero-order valence-electron chi connectivity index (χ0n) is 13.4. The largest absolute Gasteiger partial charge is 0.379 e. The average Bonchev–Trinajstić information content (AvgIpc) is 2.53. The van der Waals surface area contributed by atoms with Crippen molar-refractivity contribution in [2.75, 3.05) is 38.2 Å². The van der Waals surface area contributed by atoms with Gasteiger partial charge in [0.1, 0.15) is 0 Å². The summed E-state index contributed by atoms with van der Waals surface area (Å²) in [6.45, 7) is 8.59. The summed E-state index contributed by atoms with van der Waals surface area (Å²) in [6, 6.07) is 8.64. The van der Waals surface area contributed by atoms with E-state index < -0.39 is 0 Å². The van der Waals surface area contributed by atoms with Crippen LogP contribution in [0.2, 0.25) is 0 Å². The van der Waals surface area contributed by atoms with Crippen molar-refractivity contribution in [1.29, 1.82) is 0 Å². The van der Waals surface area contributed by atoms with Crippen LogP contribution in [0, 0.1) is 0 Å². The summed E-state index contributed by atoms with van der Waals surface area (Å²) in [6.07, 6.45) is 1.01. The van der Waals surface area contributed by atoms with E-state index in [4.69, 9.17) is 10.5 Å². The minimum atomic E-state index is 0. The number of aliphatic imine (C=N–C) groups is 1. The molecule has 1 unspecified atom stereocenters. The van der Waals surface area contributed by atoms with E-state index in [1.54, 1.807) is 0 Å². The molecular formula is C16H27IN4O. The van der Waals surface area contributed by atoms with Gasteiger partial charge >= 0.3 is 0 Å². The first-order valence-corrected chi connectivity index (χ1v) is 7.66. The molecule has 0 saturated carbocycles. The van der Waals surface area contributed by atoms with Crippen molar-refractivity contribution in [3.8, 4) is 0 Å². The fraction of sp³-hybridized carbons (Fsp3) is 0.562. The molecule has 5 nitrogen and oxygen atoms in total. The highest BCUT2D eigenvalue weighted by Crippen LogP contribution is 2.10. The molecule has 3 N–H and O–H groups in total. The molecule has 0 amide bonds. The van der Waals surface area contributed by atoms with E-state index >= 15 is 0 Å². The number of nitrogens with zero attached hydrogens (tertiary/aromatic N) is 2. The maximum Gasteiger partial charge on any atom is 0.193 e. The van der Waals surface area contributed by atoms with Crippen molar-refractivity contribution in [1.82, 2.24) is 4.90 Å². The SMILES string of the molecule is CCc1cccc(NC(N)=NCC(C)N2CCOCC2)c1.I. The lowest BCUT2D eigenvalue weighted by Crippen LogP contribution is -2.43. The van der Waals surface area contributed by atoms with Crippen molar-refractivity contribution < 1.29 is 4.74 Å². The molecule has 1 atom stereocenters. The van der Waals surface area contributed by atoms with Gasteiger partial charge < -0.3 is 15.8 Å². The normalized spacial score (nSPS) is 17.6. The molecule has 6 heteroatoms. The lowest BCUT2D eigenvalue weighted by molar-refractivity contribution is 0.0221. The molecule has 2 rings (SSSR count). The summed E-state index contributed by atoms with van der Waals surface area (Å²) >= 11 is 0. The van der Waals surface area contributed by atoms with Crippen LogP contribution in [0.1, 0.15) is 19.4 Å². The molecule has 22 heavy (non-hydrogen) atoms. The summed E-state index contributed by atoms with van der Waals surface area (Å²) in [5.74, 6) is 0.475. The molecular weight excluding hydrogens is 391 g/mol. The molecule has 0 bridgehead atoms. The number of aryl methyl sites for hydroxylation is 1. The molecule has 0 radical (unpaired) electrons. The summed E-state index contributed by atoms with van der Waals surface area (Å²) < 4.78 is 5.36. The monoisotopic (exact) mass is 418 g/mol. The zero-order chi connectivity index (χ0) is 15.1. The summed E-state index contributed by atoms with van der Waals surface area (Å²) in [7, 11) is 0. The first-order chi connectivity index (χ1) is 10.2. The molecule has 0 aliphatic carbocycles. The first-order valence-electron chi connectivity index (χ1n) is 7.66. The summed E-state index contributed by atoms with van der Waals surface area (Å²) in [5, 5.41) is 3.16. The van der Waals surface area contributed by atoms with E-state index in [-0.39, 0.29) is 24.0 Å². The second kappa shape index (κ2) is 10.0. The van der Waals surface area contributed by atoms with E-state index in [0.29, 0.717) is 18.5 Å². The van der Waals surface area contributed by atoms with E-state index in [0.717, 1.165) is 38.4 Å². The van der Waals surface area contributed by atoms with Crippen LogP contribution in [-0.4, -0.2) is 49.7 Å². The fourth-order valence-corrected chi connectivity index (χ4v) is 2.42. The lowest BCUT2D eigenvalue weighted by atomic mass is 10.1. The smallest absolute Gasteiger partial charge is 0.193 e. The van der Waals surface area contributed by atoms with E-state index in [2.05, 4.69) is 41.2 Å². The highest BCUT2D eigenvalue weighted by Gasteiger charge is 2.16. The number of nitrogens with two attached hydrogens (primary N) is 1. The van der Waals surface area contributed by atoms with E-state index in [1.807, 2.05) is 12.1 Å². The van der Waals surface area contributed by atoms with Crippen LogP contribution in [0.3, 0.4) is 0 Å². The van der Waals surface area contributed by atoms with Crippen LogP contribution in [-0.2, 0) is 11.2 Å². The molecule has 1 aromatic rings. The van der Waals surface area contributed by atoms with Crippen molar-refractivity contribution in [2.24, 2.45) is 10.7 Å². The number of morpholine rings is 1. The van der Waals surface area contributed by atoms with E-state index in [1.165, 1.54) is 5.56 Å². The van der Waals surface area contributed by atoms with Crippen LogP contribution >= 0.6 is 24.0 Å². The minimum Gasteiger partial charge on any atom is -0.379 e. The molecule has 1 aromatic carbocycles. The molecule has 0 aromatic heterocycles. The number of halogens is 1. The molecule has 1 aliphatic rings. The third-order valence-electron chi connectivity index (χ3n) is 3.80. The number of hydrogen-bond donors (Lipinski definition) is 2. The van der Waals surface area contributed by atoms with Crippen LogP contribution < -0.4 is 11.1 Å². The topological polar surface area (TPSA) is 62.9 Å². The van der Waals surface area contributed by atoms with Gasteiger partial charge in [-0.2, -0.15) is 0 Å². The van der Waals surface area contributed by atoms with Gasteiger partial charge in [0, 0.05) is 24.8 Å². The Hall–Kier alpha value is -0.860. The van der Waals surface area contributed by atoms with Gasteiger partial charge in [-0.3, -0.25) is 9.89 Å². The highest BCUT2D eigenvalue weighted by molar-refractivity contribution is 14.0. The maximum atomic E-state index is 5.97. The second-order valence-corrected chi connectivity index (χ2v) is 5.40. The average molecular weight is 418 g/mol. The number of hydrogen-bond acceptors (Lipinski definition) is 3. The number of benzene rings is 1. The Labute approximate surface area is 150 Å². The van der Waals surface area contributed by atoms with Gasteiger partial charge in [0.2, 0.25) is 0 Å². The Morgan fingerprint density at radius 3 is 2.82 bits per heavy atom. The minimum absolute atomic E-state index is 0. The van der Waals surface area contributed by atoms with Gasteiger partial charge in [0.25, 0.3) is 0 Å². The van der Waals surface area contributed by atoms with Crippen molar-refractivity contribution in [3.63, 3.8) is 0 Å². The van der Waals surface area contributed by atoms with Crippen LogP contribution in [0.5, 0.6) is 0 Å². The van der Waals surface area contributed by atoms with Crippen LogP contribution in [0.4, 0.5) is 5.69 Å². The number of ether oxygens (including phenoxy) is 1. The molecule has 1 fully saturated rings. The third-order valence-corrected chi connectivity index (χ3v) is 3.80. The Kier molecular flexibility index (Phi) is 8.74. The van der Waals surface area contributed by atoms with Crippen molar-refractivity contribution >= 4 is 35.6 Å². The number of guanidine groups is 1. The number of nitrogens with one attached hydrogen (secondary N) is 1. The Morgan fingerprint density at radius 2 is 2.14 bits per heavy atom. The Morgan fingerprint density at radius 1 is 1.41 bits per heavy atom. The first kappa shape index (κ1) is 19.2. The number of anilines is 1. The Balaban J connectivity index is 0.00000242. The molecule has 1 aliphatic heterocycles. The van der Waals surface area contributed by atoms with Gasteiger partial charge in [-0.05, 0) is 31.0 Å². The standard InChI is InChI=1S/C16H26N4O.HI/c1-3-14-5-4-6-15(11-14)19-16(17)18-12-13(2)20-7-9-21-10-8-20;/h4-6,11,13H,3,7-10,12H2,1-2H3,(H3,17,18,19);1H. The second-order valence-electron chi connectivity index (χ2n) is 5.40. The summed E-state index contributed by atoms with van der Waals surface area (Å²) in [5.41, 5.74) is 8.25. The van der Waals surface area contributed by atoms with Crippen LogP contribution in [0.15, 0.2) is 29.3 Å². The predicted octanol–water partition coefficient (Wildman–Crippen LogP) is 2.31. The third kappa shape index (κ3) is 6.10. The number of rotatable bonds is 5. The predicted molar refractivity (Wildman–Crippen MR) is 103 cm³/mol. The molecule has 0 spiro atoms. The fourth-order valence-electron chi connectivity index (χ4n) is 2.42. The zero-order valence-corrected chi connectivity index (χ0v) is 15.7. The highest BCUT2D eigenvalue weighted by atomic mass is 127. The van der Waals surface area contributed by atoms with Gasteiger partial charge in [0.15, 0.2) is 5.96 Å². The summed E-state index contributed by atoms with van der Waals surface area (Å²) in [4.78, 5) is 6.84. The maximum absolute atomic E-state index is 5.97. The van der Waals surface area contributed by atoms with Gasteiger partial charge in [-0.15, -0.1) is 24.0 Å². The molecule has 124 valence electrons. The van der Waals surface area contributed by atoms with Crippen LogP contribution in [0.25, 0.3) is 0 Å². The molecule has 1 saturated heterocycles. The van der Waals surface area contributed by atoms with Gasteiger partial charge in [0.05, 0.1) is 19.8 Å². The van der Waals surface area contributed by atoms with Gasteiger partial charge in [-0.25, -0.2) is 0 Å². The van der Waals surface area contributed by atoms with Crippen molar-refractivity contribution in [2.45, 2.75) is 26.3 Å². The van der Waals surface area contributed by atoms with E-state index in [9.17, 15) is 0 Å². The Bertz CT molecular complexity index is 475. The quantitative estimate of drug-likeness (QED) is 0.438. The van der Waals surface area contributed by atoms with Crippen molar-refractivity contribution in [3.05, 3.63) is 29.8 Å². The lowest BCUT2D eigenvalue weighted by Gasteiger charge is -2.31.